The van der Waals surface area contributed by atoms with Crippen LogP contribution in [0.5, 0.6) is 0 Å². The van der Waals surface area contributed by atoms with E-state index in [-0.39, 0.29) is 11.8 Å². The molecule has 5 nitrogen and oxygen atoms in total. The van der Waals surface area contributed by atoms with Crippen LogP contribution in [0.1, 0.15) is 28.4 Å². The number of carbonyl (C=O) groups is 2. The van der Waals surface area contributed by atoms with Crippen molar-refractivity contribution in [1.82, 2.24) is 4.90 Å². The standard InChI is InChI=1S/C21H25N3O2/c1-15-7-8-19(13-16(15)2)22-21(26)24-11-9-23(10-12-24)20-6-4-5-18(14-20)17(3)25/h4-8,13-14H,9-12H2,1-3H3,(H,22,26). The third-order valence-electron chi connectivity index (χ3n) is 4.94. The number of anilines is 2. The molecule has 0 aromatic heterocycles. The van der Waals surface area contributed by atoms with Gasteiger partial charge in [0, 0.05) is 43.1 Å². The Hall–Kier alpha value is -2.82. The topological polar surface area (TPSA) is 52.7 Å². The molecule has 1 saturated heterocycles. The molecule has 0 unspecified atom stereocenters. The zero-order valence-corrected chi connectivity index (χ0v) is 15.6. The van der Waals surface area contributed by atoms with Crippen molar-refractivity contribution in [2.45, 2.75) is 20.8 Å². The lowest BCUT2D eigenvalue weighted by molar-refractivity contribution is 0.101. The van der Waals surface area contributed by atoms with Crippen LogP contribution in [-0.2, 0) is 0 Å². The highest BCUT2D eigenvalue weighted by molar-refractivity contribution is 5.95. The van der Waals surface area contributed by atoms with Crippen molar-refractivity contribution in [3.8, 4) is 0 Å². The zero-order chi connectivity index (χ0) is 18.7. The van der Waals surface area contributed by atoms with Gasteiger partial charge < -0.3 is 15.1 Å². The summed E-state index contributed by atoms with van der Waals surface area (Å²) in [4.78, 5) is 28.1. The lowest BCUT2D eigenvalue weighted by atomic mass is 10.1. The minimum absolute atomic E-state index is 0.0645. The van der Waals surface area contributed by atoms with E-state index >= 15 is 0 Å². The lowest BCUT2D eigenvalue weighted by Gasteiger charge is -2.36. The minimum Gasteiger partial charge on any atom is -0.368 e. The van der Waals surface area contributed by atoms with Crippen LogP contribution in [0.3, 0.4) is 0 Å². The van der Waals surface area contributed by atoms with E-state index in [0.717, 1.165) is 35.6 Å². The predicted octanol–water partition coefficient (Wildman–Crippen LogP) is 3.86. The Balaban J connectivity index is 1.59. The second-order valence-corrected chi connectivity index (χ2v) is 6.81. The van der Waals surface area contributed by atoms with Crippen LogP contribution >= 0.6 is 0 Å². The van der Waals surface area contributed by atoms with Crippen molar-refractivity contribution >= 4 is 23.2 Å². The van der Waals surface area contributed by atoms with Crippen LogP contribution < -0.4 is 10.2 Å². The van der Waals surface area contributed by atoms with Crippen molar-refractivity contribution in [2.75, 3.05) is 36.4 Å². The molecule has 3 rings (SSSR count). The molecule has 1 aliphatic rings. The van der Waals surface area contributed by atoms with Crippen LogP contribution in [0.2, 0.25) is 0 Å². The van der Waals surface area contributed by atoms with Crippen LogP contribution in [-0.4, -0.2) is 42.9 Å². The fourth-order valence-corrected chi connectivity index (χ4v) is 3.11. The summed E-state index contributed by atoms with van der Waals surface area (Å²) in [6.45, 7) is 8.49. The number of carbonyl (C=O) groups excluding carboxylic acids is 2. The summed E-state index contributed by atoms with van der Waals surface area (Å²) < 4.78 is 0. The van der Waals surface area contributed by atoms with Crippen LogP contribution in [0.4, 0.5) is 16.2 Å². The van der Waals surface area contributed by atoms with Gasteiger partial charge >= 0.3 is 6.03 Å². The van der Waals surface area contributed by atoms with E-state index in [0.29, 0.717) is 13.1 Å². The molecule has 26 heavy (non-hydrogen) atoms. The number of Topliss-reactive ketones (excluding diaryl/α,β-unsaturated/α-hetero) is 1. The summed E-state index contributed by atoms with van der Waals surface area (Å²) in [5.41, 5.74) is 4.96. The normalized spacial score (nSPS) is 14.3. The number of aryl methyl sites for hydroxylation is 2. The average molecular weight is 351 g/mol. The summed E-state index contributed by atoms with van der Waals surface area (Å²) in [5, 5.41) is 2.98. The first-order chi connectivity index (χ1) is 12.4. The van der Waals surface area contributed by atoms with Gasteiger partial charge in [-0.3, -0.25) is 4.79 Å². The molecule has 1 aliphatic heterocycles. The maximum atomic E-state index is 12.5. The maximum absolute atomic E-state index is 12.5. The molecular formula is C21H25N3O2. The van der Waals surface area contributed by atoms with Crippen LogP contribution in [0, 0.1) is 13.8 Å². The van der Waals surface area contributed by atoms with E-state index in [1.54, 1.807) is 6.92 Å². The summed E-state index contributed by atoms with van der Waals surface area (Å²) >= 11 is 0. The van der Waals surface area contributed by atoms with E-state index in [9.17, 15) is 9.59 Å². The van der Waals surface area contributed by atoms with E-state index in [2.05, 4.69) is 17.1 Å². The molecule has 2 amide bonds. The third-order valence-corrected chi connectivity index (χ3v) is 4.94. The Kier molecular flexibility index (Phi) is 5.26. The molecule has 2 aromatic carbocycles. The van der Waals surface area contributed by atoms with E-state index in [1.165, 1.54) is 5.56 Å². The van der Waals surface area contributed by atoms with E-state index in [4.69, 9.17) is 0 Å². The van der Waals surface area contributed by atoms with Gasteiger partial charge in [0.15, 0.2) is 5.78 Å². The number of nitrogens with one attached hydrogen (secondary N) is 1. The molecule has 1 heterocycles. The Morgan fingerprint density at radius 2 is 1.65 bits per heavy atom. The first-order valence-electron chi connectivity index (χ1n) is 8.93. The van der Waals surface area contributed by atoms with E-state index in [1.807, 2.05) is 54.3 Å². The number of piperazine rings is 1. The number of hydrogen-bond donors (Lipinski definition) is 1. The maximum Gasteiger partial charge on any atom is 0.321 e. The van der Waals surface area contributed by atoms with Crippen molar-refractivity contribution in [3.05, 3.63) is 59.2 Å². The van der Waals surface area contributed by atoms with Crippen LogP contribution in [0.25, 0.3) is 0 Å². The Morgan fingerprint density at radius 3 is 2.31 bits per heavy atom. The summed E-state index contributed by atoms with van der Waals surface area (Å²) in [6.07, 6.45) is 0. The van der Waals surface area contributed by atoms with Gasteiger partial charge in [-0.2, -0.15) is 0 Å². The Labute approximate surface area is 154 Å². The number of nitrogens with zero attached hydrogens (tertiary/aromatic N) is 2. The minimum atomic E-state index is -0.0645. The van der Waals surface area contributed by atoms with E-state index < -0.39 is 0 Å². The number of amides is 2. The van der Waals surface area contributed by atoms with Crippen molar-refractivity contribution in [3.63, 3.8) is 0 Å². The number of ketones is 1. The third kappa shape index (κ3) is 4.04. The monoisotopic (exact) mass is 351 g/mol. The first kappa shape index (κ1) is 18.0. The van der Waals surface area contributed by atoms with Crippen molar-refractivity contribution in [1.29, 1.82) is 0 Å². The molecule has 0 radical (unpaired) electrons. The quantitative estimate of drug-likeness (QED) is 0.855. The fourth-order valence-electron chi connectivity index (χ4n) is 3.11. The second kappa shape index (κ2) is 7.60. The SMILES string of the molecule is CC(=O)c1cccc(N2CCN(C(=O)Nc3ccc(C)c(C)c3)CC2)c1. The first-order valence-corrected chi connectivity index (χ1v) is 8.93. The number of urea groups is 1. The number of rotatable bonds is 3. The molecule has 0 spiro atoms. The molecule has 0 bridgehead atoms. The molecule has 1 fully saturated rings. The molecule has 0 atom stereocenters. The summed E-state index contributed by atoms with van der Waals surface area (Å²) in [7, 11) is 0. The molecule has 2 aromatic rings. The fraction of sp³-hybridized carbons (Fsp3) is 0.333. The lowest BCUT2D eigenvalue weighted by Crippen LogP contribution is -2.50. The van der Waals surface area contributed by atoms with Gasteiger partial charge in [0.25, 0.3) is 0 Å². The van der Waals surface area contributed by atoms with Crippen LogP contribution in [0.15, 0.2) is 42.5 Å². The number of benzene rings is 2. The van der Waals surface area contributed by atoms with Gasteiger partial charge in [0.1, 0.15) is 0 Å². The molecule has 1 N–H and O–H groups in total. The smallest absolute Gasteiger partial charge is 0.321 e. The zero-order valence-electron chi connectivity index (χ0n) is 15.6. The highest BCUT2D eigenvalue weighted by Crippen LogP contribution is 2.19. The second-order valence-electron chi connectivity index (χ2n) is 6.81. The summed E-state index contributed by atoms with van der Waals surface area (Å²) in [6, 6.07) is 13.6. The summed E-state index contributed by atoms with van der Waals surface area (Å²) in [5.74, 6) is 0.0678. The van der Waals surface area contributed by atoms with Crippen molar-refractivity contribution in [2.24, 2.45) is 0 Å². The van der Waals surface area contributed by atoms with Gasteiger partial charge in [0.05, 0.1) is 0 Å². The van der Waals surface area contributed by atoms with Gasteiger partial charge in [0.2, 0.25) is 0 Å². The molecule has 0 aliphatic carbocycles. The molecule has 5 heteroatoms. The molecular weight excluding hydrogens is 326 g/mol. The van der Waals surface area contributed by atoms with Gasteiger partial charge in [-0.1, -0.05) is 18.2 Å². The highest BCUT2D eigenvalue weighted by atomic mass is 16.2. The number of hydrogen-bond acceptors (Lipinski definition) is 3. The largest absolute Gasteiger partial charge is 0.368 e. The molecule has 136 valence electrons. The molecule has 0 saturated carbocycles. The Bertz CT molecular complexity index is 824. The Morgan fingerprint density at radius 1 is 0.923 bits per heavy atom. The van der Waals surface area contributed by atoms with Gasteiger partial charge in [-0.05, 0) is 56.2 Å². The van der Waals surface area contributed by atoms with Gasteiger partial charge in [-0.25, -0.2) is 4.79 Å². The van der Waals surface area contributed by atoms with Gasteiger partial charge in [-0.15, -0.1) is 0 Å². The average Bonchev–Trinajstić information content (AvgIpc) is 2.65. The van der Waals surface area contributed by atoms with Crippen molar-refractivity contribution < 1.29 is 9.59 Å². The predicted molar refractivity (Wildman–Crippen MR) is 105 cm³/mol. The highest BCUT2D eigenvalue weighted by Gasteiger charge is 2.21.